The number of nitrogens with one attached hydrogen (secondary N) is 3. The maximum absolute atomic E-state index is 12.3. The molecule has 3 N–H and O–H groups in total. The van der Waals surface area contributed by atoms with Gasteiger partial charge < -0.3 is 15.0 Å². The summed E-state index contributed by atoms with van der Waals surface area (Å²) < 4.78 is 5.32. The number of morpholine rings is 1. The number of rotatable bonds is 6. The van der Waals surface area contributed by atoms with Crippen LogP contribution in [0.4, 0.5) is 0 Å². The first-order valence-electron chi connectivity index (χ1n) is 8.61. The number of aromatic amines is 2. The van der Waals surface area contributed by atoms with Crippen molar-refractivity contribution in [1.29, 1.82) is 0 Å². The van der Waals surface area contributed by atoms with Crippen LogP contribution in [0.3, 0.4) is 0 Å². The highest BCUT2D eigenvalue weighted by Gasteiger charge is 2.30. The quantitative estimate of drug-likeness (QED) is 0.560. The van der Waals surface area contributed by atoms with Crippen LogP contribution in [-0.2, 0) is 20.9 Å². The van der Waals surface area contributed by atoms with Crippen LogP contribution in [0.5, 0.6) is 0 Å². The van der Waals surface area contributed by atoms with Crippen LogP contribution in [0.1, 0.15) is 18.7 Å². The van der Waals surface area contributed by atoms with Gasteiger partial charge in [0.15, 0.2) is 0 Å². The van der Waals surface area contributed by atoms with Crippen molar-refractivity contribution in [2.45, 2.75) is 19.4 Å². The maximum Gasteiger partial charge on any atom is 0.340 e. The van der Waals surface area contributed by atoms with Crippen molar-refractivity contribution in [2.75, 3.05) is 45.9 Å². The van der Waals surface area contributed by atoms with Crippen molar-refractivity contribution in [3.05, 3.63) is 16.3 Å². The Hall–Kier alpha value is -2.20. The molecule has 2 aliphatic heterocycles. The van der Waals surface area contributed by atoms with Crippen LogP contribution in [-0.4, -0.2) is 82.7 Å². The van der Waals surface area contributed by atoms with Gasteiger partial charge in [0.1, 0.15) is 5.82 Å². The number of H-pyrrole nitrogens is 2. The first kappa shape index (κ1) is 17.6. The van der Waals surface area contributed by atoms with Crippen molar-refractivity contribution in [2.24, 2.45) is 5.92 Å². The number of amides is 2. The van der Waals surface area contributed by atoms with Gasteiger partial charge in [-0.25, -0.2) is 9.89 Å². The van der Waals surface area contributed by atoms with Gasteiger partial charge in [0.2, 0.25) is 11.8 Å². The number of hydrogen-bond acceptors (Lipinski definition) is 6. The number of carbonyl (C=O) groups is 2. The molecule has 0 spiro atoms. The molecule has 3 rings (SSSR count). The van der Waals surface area contributed by atoms with E-state index in [1.807, 2.05) is 0 Å². The van der Waals surface area contributed by atoms with Gasteiger partial charge >= 0.3 is 5.69 Å². The van der Waals surface area contributed by atoms with Gasteiger partial charge in [-0.15, -0.1) is 0 Å². The average Bonchev–Trinajstić information content (AvgIpc) is 3.05. The molecular weight excluding hydrogens is 328 g/mol. The molecule has 0 radical (unpaired) electrons. The Bertz CT molecular complexity index is 650. The molecule has 0 aliphatic carbocycles. The molecule has 0 bridgehead atoms. The van der Waals surface area contributed by atoms with Crippen LogP contribution in [0, 0.1) is 5.92 Å². The Morgan fingerprint density at radius 1 is 1.28 bits per heavy atom. The summed E-state index contributed by atoms with van der Waals surface area (Å²) >= 11 is 0. The molecule has 138 valence electrons. The molecule has 3 heterocycles. The lowest BCUT2D eigenvalue weighted by molar-refractivity contribution is -0.138. The first-order chi connectivity index (χ1) is 12.1. The Balaban J connectivity index is 1.46. The number of piperidine rings is 1. The normalized spacial score (nSPS) is 22.2. The fraction of sp³-hybridized carbons (Fsp3) is 0.733. The third kappa shape index (κ3) is 4.89. The molecule has 0 unspecified atom stereocenters. The largest absolute Gasteiger partial charge is 0.379 e. The molecule has 0 saturated carbocycles. The second-order valence-electron chi connectivity index (χ2n) is 6.37. The second kappa shape index (κ2) is 8.26. The van der Waals surface area contributed by atoms with E-state index in [1.54, 1.807) is 4.90 Å². The Kier molecular flexibility index (Phi) is 5.82. The van der Waals surface area contributed by atoms with Gasteiger partial charge in [-0.1, -0.05) is 0 Å². The van der Waals surface area contributed by atoms with E-state index >= 15 is 0 Å². The number of ether oxygens (including phenoxy) is 1. The van der Waals surface area contributed by atoms with Crippen molar-refractivity contribution < 1.29 is 14.3 Å². The lowest BCUT2D eigenvalue weighted by Crippen LogP contribution is -2.49. The minimum absolute atomic E-state index is 0.106. The van der Waals surface area contributed by atoms with Crippen molar-refractivity contribution in [3.8, 4) is 0 Å². The van der Waals surface area contributed by atoms with Crippen LogP contribution >= 0.6 is 0 Å². The third-order valence-corrected chi connectivity index (χ3v) is 4.64. The highest BCUT2D eigenvalue weighted by Crippen LogP contribution is 2.18. The zero-order valence-corrected chi connectivity index (χ0v) is 14.1. The predicted molar refractivity (Wildman–Crippen MR) is 87.6 cm³/mol. The fourth-order valence-electron chi connectivity index (χ4n) is 3.14. The highest BCUT2D eigenvalue weighted by atomic mass is 16.5. The van der Waals surface area contributed by atoms with E-state index in [0.29, 0.717) is 31.8 Å². The van der Waals surface area contributed by atoms with Crippen LogP contribution < -0.4 is 11.0 Å². The van der Waals surface area contributed by atoms with Gasteiger partial charge in [0.05, 0.1) is 25.7 Å². The zero-order valence-electron chi connectivity index (χ0n) is 14.1. The standard InChI is InChI=1S/C15H24N6O4/c22-13-2-1-11(14(23)16-9-12-17-15(24)19-18-12)10-21(13)4-3-20-5-7-25-8-6-20/h11H,1-10H2,(H,16,23)(H2,17,18,19,24)/t11-/m1/s1. The number of nitrogens with zero attached hydrogens (tertiary/aromatic N) is 3. The lowest BCUT2D eigenvalue weighted by Gasteiger charge is -2.34. The monoisotopic (exact) mass is 352 g/mol. The van der Waals surface area contributed by atoms with E-state index in [0.717, 1.165) is 32.8 Å². The van der Waals surface area contributed by atoms with Gasteiger partial charge in [0, 0.05) is 39.1 Å². The Labute approximate surface area is 144 Å². The Morgan fingerprint density at radius 2 is 2.08 bits per heavy atom. The summed E-state index contributed by atoms with van der Waals surface area (Å²) in [5.41, 5.74) is -0.401. The molecule has 1 atom stereocenters. The SMILES string of the molecule is O=C(NCc1n[nH]c(=O)[nH]1)[C@@H]1CCC(=O)N(CCN2CCOCC2)C1. The molecule has 2 saturated heterocycles. The lowest BCUT2D eigenvalue weighted by atomic mass is 9.96. The number of carbonyl (C=O) groups excluding carboxylic acids is 2. The van der Waals surface area contributed by atoms with Gasteiger partial charge in [-0.05, 0) is 6.42 Å². The average molecular weight is 352 g/mol. The number of aromatic nitrogens is 3. The Morgan fingerprint density at radius 3 is 2.80 bits per heavy atom. The van der Waals surface area contributed by atoms with E-state index in [1.165, 1.54) is 0 Å². The summed E-state index contributed by atoms with van der Waals surface area (Å²) in [5.74, 6) is 0.143. The minimum atomic E-state index is -0.401. The summed E-state index contributed by atoms with van der Waals surface area (Å²) in [4.78, 5) is 42.0. The first-order valence-corrected chi connectivity index (χ1v) is 8.61. The summed E-state index contributed by atoms with van der Waals surface area (Å²) in [6.45, 7) is 5.26. The third-order valence-electron chi connectivity index (χ3n) is 4.64. The summed E-state index contributed by atoms with van der Waals surface area (Å²) in [6, 6.07) is 0. The number of hydrogen-bond donors (Lipinski definition) is 3. The predicted octanol–water partition coefficient (Wildman–Crippen LogP) is -1.71. The summed E-state index contributed by atoms with van der Waals surface area (Å²) in [5, 5.41) is 8.77. The van der Waals surface area contributed by atoms with Crippen molar-refractivity contribution in [3.63, 3.8) is 0 Å². The van der Waals surface area contributed by atoms with Gasteiger partial charge in [0.25, 0.3) is 0 Å². The van der Waals surface area contributed by atoms with E-state index in [4.69, 9.17) is 4.74 Å². The van der Waals surface area contributed by atoms with Gasteiger partial charge in [-0.2, -0.15) is 5.10 Å². The zero-order chi connectivity index (χ0) is 17.6. The topological polar surface area (TPSA) is 123 Å². The highest BCUT2D eigenvalue weighted by molar-refractivity contribution is 5.83. The molecule has 2 fully saturated rings. The van der Waals surface area contributed by atoms with Crippen LogP contribution in [0.2, 0.25) is 0 Å². The van der Waals surface area contributed by atoms with Crippen molar-refractivity contribution >= 4 is 11.8 Å². The molecule has 1 aromatic heterocycles. The molecule has 10 heteroatoms. The molecular formula is C15H24N6O4. The smallest absolute Gasteiger partial charge is 0.340 e. The number of likely N-dealkylation sites (tertiary alicyclic amines) is 1. The van der Waals surface area contributed by atoms with E-state index in [-0.39, 0.29) is 24.3 Å². The fourth-order valence-corrected chi connectivity index (χ4v) is 3.14. The van der Waals surface area contributed by atoms with E-state index < -0.39 is 5.69 Å². The second-order valence-corrected chi connectivity index (χ2v) is 6.37. The summed E-state index contributed by atoms with van der Waals surface area (Å²) in [6.07, 6.45) is 0.941. The molecule has 2 aliphatic rings. The van der Waals surface area contributed by atoms with Crippen LogP contribution in [0.15, 0.2) is 4.79 Å². The maximum atomic E-state index is 12.3. The van der Waals surface area contributed by atoms with Crippen LogP contribution in [0.25, 0.3) is 0 Å². The molecule has 25 heavy (non-hydrogen) atoms. The molecule has 10 nitrogen and oxygen atoms in total. The molecule has 1 aromatic rings. The minimum Gasteiger partial charge on any atom is -0.379 e. The van der Waals surface area contributed by atoms with E-state index in [9.17, 15) is 14.4 Å². The van der Waals surface area contributed by atoms with Gasteiger partial charge in [-0.3, -0.25) is 19.5 Å². The van der Waals surface area contributed by atoms with E-state index in [2.05, 4.69) is 25.4 Å². The summed E-state index contributed by atoms with van der Waals surface area (Å²) in [7, 11) is 0. The van der Waals surface area contributed by atoms with Crippen molar-refractivity contribution in [1.82, 2.24) is 30.3 Å². The molecule has 0 aromatic carbocycles. The molecule has 2 amide bonds.